The standard InChI is InChI=1S/C31H39N6O6P/c1-19-16-23(41-29(19)37-18-33-26-27(37)34-31(32)35-28(26)39-3)17-40-44(36-20(2)30(38)42-22-12-5-4-6-13-22)43-25-15-9-11-21-10-7-8-14-24(21)25/h7-11,14-15,18-20,22-23,29,36H,4-6,12-13,16-17H2,1-3H3,(H2,32,34,35). The SMILES string of the molecule is COc1nc(N)nc2c1ncn2C1OC(COP(NC(C)C(=O)OC2CCCCC2)Oc2cccc3ccccc23)CC1C. The Morgan fingerprint density at radius 3 is 2.77 bits per heavy atom. The fourth-order valence-electron chi connectivity index (χ4n) is 5.87. The first-order valence-corrected chi connectivity index (χ1v) is 16.3. The first-order chi connectivity index (χ1) is 21.4. The van der Waals surface area contributed by atoms with E-state index >= 15 is 0 Å². The molecule has 6 rings (SSSR count). The van der Waals surface area contributed by atoms with Crippen molar-refractivity contribution >= 4 is 42.4 Å². The zero-order valence-corrected chi connectivity index (χ0v) is 26.1. The molecule has 5 unspecified atom stereocenters. The van der Waals surface area contributed by atoms with Gasteiger partial charge in [0.2, 0.25) is 11.8 Å². The smallest absolute Gasteiger partial charge is 0.323 e. The van der Waals surface area contributed by atoms with Crippen LogP contribution in [0.3, 0.4) is 0 Å². The van der Waals surface area contributed by atoms with E-state index in [1.807, 2.05) is 47.0 Å². The van der Waals surface area contributed by atoms with E-state index in [1.165, 1.54) is 13.5 Å². The summed E-state index contributed by atoms with van der Waals surface area (Å²) in [5.41, 5.74) is 6.98. The van der Waals surface area contributed by atoms with E-state index in [0.717, 1.165) is 42.9 Å². The third-order valence-corrected chi connectivity index (χ3v) is 9.47. The van der Waals surface area contributed by atoms with Crippen LogP contribution in [0.15, 0.2) is 48.8 Å². The molecule has 2 aromatic carbocycles. The number of carbonyl (C=O) groups is 1. The van der Waals surface area contributed by atoms with Crippen molar-refractivity contribution in [3.05, 3.63) is 48.8 Å². The lowest BCUT2D eigenvalue weighted by Crippen LogP contribution is -2.36. The second-order valence-electron chi connectivity index (χ2n) is 11.4. The highest BCUT2D eigenvalue weighted by molar-refractivity contribution is 7.45. The molecule has 5 atom stereocenters. The summed E-state index contributed by atoms with van der Waals surface area (Å²) >= 11 is 0. The Bertz CT molecular complexity index is 1590. The maximum absolute atomic E-state index is 13.0. The van der Waals surface area contributed by atoms with Gasteiger partial charge < -0.3 is 29.0 Å². The predicted molar refractivity (Wildman–Crippen MR) is 167 cm³/mol. The number of imidazole rings is 1. The average molecular weight is 623 g/mol. The number of nitrogens with one attached hydrogen (secondary N) is 1. The summed E-state index contributed by atoms with van der Waals surface area (Å²) in [6, 6.07) is 13.3. The van der Waals surface area contributed by atoms with Crippen LogP contribution in [0.4, 0.5) is 5.95 Å². The summed E-state index contributed by atoms with van der Waals surface area (Å²) in [5.74, 6) is 0.911. The molecule has 13 heteroatoms. The summed E-state index contributed by atoms with van der Waals surface area (Å²) in [5, 5.41) is 5.28. The number of nitrogen functional groups attached to an aromatic ring is 1. The van der Waals surface area contributed by atoms with Crippen molar-refractivity contribution in [3.63, 3.8) is 0 Å². The molecule has 3 heterocycles. The van der Waals surface area contributed by atoms with Crippen LogP contribution >= 0.6 is 8.53 Å². The molecule has 0 amide bonds. The minimum Gasteiger partial charge on any atom is -0.479 e. The molecule has 1 saturated carbocycles. The minimum atomic E-state index is -1.74. The molecule has 0 bridgehead atoms. The topological polar surface area (TPSA) is 145 Å². The summed E-state index contributed by atoms with van der Waals surface area (Å²) < 4.78 is 32.3. The molecular weight excluding hydrogens is 583 g/mol. The fraction of sp³-hybridized carbons (Fsp3) is 0.484. The van der Waals surface area contributed by atoms with Gasteiger partial charge in [0.1, 0.15) is 24.1 Å². The van der Waals surface area contributed by atoms with Crippen LogP contribution in [0.2, 0.25) is 0 Å². The average Bonchev–Trinajstić information content (AvgIpc) is 3.62. The van der Waals surface area contributed by atoms with Crippen molar-refractivity contribution in [2.75, 3.05) is 19.5 Å². The number of benzene rings is 2. The molecule has 234 valence electrons. The number of nitrogens with two attached hydrogens (primary N) is 1. The maximum atomic E-state index is 13.0. The Balaban J connectivity index is 1.16. The van der Waals surface area contributed by atoms with E-state index in [9.17, 15) is 4.79 Å². The Hall–Kier alpha value is -3.57. The lowest BCUT2D eigenvalue weighted by molar-refractivity contribution is -0.152. The molecule has 1 aliphatic carbocycles. The number of hydrogen-bond acceptors (Lipinski definition) is 11. The van der Waals surface area contributed by atoms with Crippen molar-refractivity contribution in [2.24, 2.45) is 5.92 Å². The van der Waals surface area contributed by atoms with Crippen molar-refractivity contribution in [1.29, 1.82) is 0 Å². The van der Waals surface area contributed by atoms with Gasteiger partial charge in [0.25, 0.3) is 0 Å². The van der Waals surface area contributed by atoms with Gasteiger partial charge in [0, 0.05) is 11.3 Å². The highest BCUT2D eigenvalue weighted by Gasteiger charge is 2.36. The van der Waals surface area contributed by atoms with Gasteiger partial charge in [-0.05, 0) is 50.5 Å². The molecule has 2 fully saturated rings. The van der Waals surface area contributed by atoms with Crippen molar-refractivity contribution in [2.45, 2.75) is 76.9 Å². The predicted octanol–water partition coefficient (Wildman–Crippen LogP) is 5.67. The summed E-state index contributed by atoms with van der Waals surface area (Å²) in [7, 11) is -0.218. The number of aromatic nitrogens is 4. The molecule has 0 spiro atoms. The van der Waals surface area contributed by atoms with E-state index in [0.29, 0.717) is 22.8 Å². The third-order valence-electron chi connectivity index (χ3n) is 8.12. The van der Waals surface area contributed by atoms with Gasteiger partial charge >= 0.3 is 14.5 Å². The number of rotatable bonds is 11. The third kappa shape index (κ3) is 6.73. The zero-order valence-electron chi connectivity index (χ0n) is 25.2. The van der Waals surface area contributed by atoms with Crippen LogP contribution in [0.25, 0.3) is 21.9 Å². The van der Waals surface area contributed by atoms with Crippen LogP contribution in [0.1, 0.15) is 58.6 Å². The normalized spacial score (nSPS) is 22.2. The monoisotopic (exact) mass is 622 g/mol. The molecule has 12 nitrogen and oxygen atoms in total. The Kier molecular flexibility index (Phi) is 9.42. The molecule has 2 aromatic heterocycles. The van der Waals surface area contributed by atoms with E-state index < -0.39 is 14.6 Å². The second kappa shape index (κ2) is 13.6. The summed E-state index contributed by atoms with van der Waals surface area (Å²) in [4.78, 5) is 26.0. The summed E-state index contributed by atoms with van der Waals surface area (Å²) in [6.45, 7) is 4.14. The van der Waals surface area contributed by atoms with Gasteiger partial charge in [-0.2, -0.15) is 9.97 Å². The van der Waals surface area contributed by atoms with Crippen LogP contribution in [-0.2, 0) is 18.8 Å². The van der Waals surface area contributed by atoms with Gasteiger partial charge in [-0.25, -0.2) is 10.1 Å². The fourth-order valence-corrected chi connectivity index (χ4v) is 7.11. The van der Waals surface area contributed by atoms with Gasteiger partial charge in [-0.15, -0.1) is 0 Å². The van der Waals surface area contributed by atoms with Crippen molar-refractivity contribution in [1.82, 2.24) is 24.6 Å². The highest BCUT2D eigenvalue weighted by Crippen LogP contribution is 2.42. The van der Waals surface area contributed by atoms with E-state index in [4.69, 9.17) is 29.0 Å². The van der Waals surface area contributed by atoms with Crippen LogP contribution in [0.5, 0.6) is 11.6 Å². The molecule has 2 aliphatic rings. The number of nitrogens with zero attached hydrogens (tertiary/aromatic N) is 4. The molecule has 4 aromatic rings. The first kappa shape index (κ1) is 30.5. The molecule has 3 N–H and O–H groups in total. The Morgan fingerprint density at radius 2 is 1.95 bits per heavy atom. The number of hydrogen-bond donors (Lipinski definition) is 2. The molecule has 1 saturated heterocycles. The maximum Gasteiger partial charge on any atom is 0.323 e. The highest BCUT2D eigenvalue weighted by atomic mass is 31.2. The van der Waals surface area contributed by atoms with E-state index in [-0.39, 0.29) is 42.9 Å². The van der Waals surface area contributed by atoms with Gasteiger partial charge in [0.05, 0.1) is 26.1 Å². The number of methoxy groups -OCH3 is 1. The number of fused-ring (bicyclic) bond motifs is 2. The zero-order chi connectivity index (χ0) is 30.6. The molecular formula is C31H39N6O6P. The number of esters is 1. The number of carbonyl (C=O) groups excluding carboxylic acids is 1. The number of anilines is 1. The van der Waals surface area contributed by atoms with Gasteiger partial charge in [0.15, 0.2) is 11.2 Å². The number of ether oxygens (including phenoxy) is 3. The Morgan fingerprint density at radius 1 is 1.16 bits per heavy atom. The minimum absolute atomic E-state index is 0.0308. The van der Waals surface area contributed by atoms with Gasteiger partial charge in [-0.3, -0.25) is 9.36 Å². The van der Waals surface area contributed by atoms with Crippen LogP contribution in [-0.4, -0.2) is 57.5 Å². The van der Waals surface area contributed by atoms with E-state index in [2.05, 4.69) is 27.0 Å². The second-order valence-corrected chi connectivity index (χ2v) is 12.7. The van der Waals surface area contributed by atoms with Crippen LogP contribution < -0.4 is 20.1 Å². The lowest BCUT2D eigenvalue weighted by Gasteiger charge is -2.26. The van der Waals surface area contributed by atoms with E-state index in [1.54, 1.807) is 13.3 Å². The lowest BCUT2D eigenvalue weighted by atomic mass is 9.98. The molecule has 1 aliphatic heterocycles. The van der Waals surface area contributed by atoms with Crippen LogP contribution in [0, 0.1) is 5.92 Å². The summed E-state index contributed by atoms with van der Waals surface area (Å²) in [6.07, 6.45) is 6.98. The molecule has 44 heavy (non-hydrogen) atoms. The van der Waals surface area contributed by atoms with Crippen molar-refractivity contribution < 1.29 is 28.1 Å². The largest absolute Gasteiger partial charge is 0.479 e. The Labute approximate surface area is 257 Å². The van der Waals surface area contributed by atoms with Gasteiger partial charge in [-0.1, -0.05) is 49.7 Å². The molecule has 0 radical (unpaired) electrons. The first-order valence-electron chi connectivity index (χ1n) is 15.1. The quantitative estimate of drug-likeness (QED) is 0.158. The van der Waals surface area contributed by atoms with Crippen molar-refractivity contribution in [3.8, 4) is 11.6 Å².